The summed E-state index contributed by atoms with van der Waals surface area (Å²) < 4.78 is 0. The van der Waals surface area contributed by atoms with Gasteiger partial charge in [0, 0.05) is 46.6 Å². The van der Waals surface area contributed by atoms with Crippen LogP contribution in [0.3, 0.4) is 0 Å². The minimum absolute atomic E-state index is 0.0829. The topological polar surface area (TPSA) is 129 Å². The first-order valence-corrected chi connectivity index (χ1v) is 13.9. The van der Waals surface area contributed by atoms with Gasteiger partial charge < -0.3 is 15.6 Å². The summed E-state index contributed by atoms with van der Waals surface area (Å²) in [4.78, 5) is 57.1. The van der Waals surface area contributed by atoms with Crippen molar-refractivity contribution in [2.24, 2.45) is 0 Å². The quantitative estimate of drug-likeness (QED) is 0.292. The first kappa shape index (κ1) is 26.1. The highest BCUT2D eigenvalue weighted by Gasteiger charge is 2.40. The standard InChI is InChI=1S/C31H26ClN7O3/c32-20-6-8-26-19(10-20)11-21(36-26)13-37-14-22(15-39-30(41)23-3-1-2-4-24(23)31(39)42)38(28(40)16-37)12-18-5-7-25-27(9-18)34-17-35-29(25)33/h1-11,17,22,36H,12-16H2,(H2,33,34,35). The molecular weight excluding hydrogens is 554 g/mol. The van der Waals surface area contributed by atoms with Crippen LogP contribution in [0.2, 0.25) is 5.02 Å². The van der Waals surface area contributed by atoms with Crippen LogP contribution in [0.5, 0.6) is 0 Å². The lowest BCUT2D eigenvalue weighted by atomic mass is 10.1. The Bertz CT molecular complexity index is 1870. The van der Waals surface area contributed by atoms with E-state index in [0.717, 1.165) is 27.5 Å². The number of imide groups is 1. The monoisotopic (exact) mass is 579 g/mol. The highest BCUT2D eigenvalue weighted by molar-refractivity contribution is 6.31. The predicted octanol–water partition coefficient (Wildman–Crippen LogP) is 3.86. The third-order valence-electron chi connectivity index (χ3n) is 7.98. The molecule has 0 aliphatic carbocycles. The number of hydrogen-bond donors (Lipinski definition) is 2. The minimum atomic E-state index is -0.432. The van der Waals surface area contributed by atoms with Crippen LogP contribution in [0.25, 0.3) is 21.8 Å². The van der Waals surface area contributed by atoms with Crippen molar-refractivity contribution in [3.8, 4) is 0 Å². The predicted molar refractivity (Wildman–Crippen MR) is 159 cm³/mol. The van der Waals surface area contributed by atoms with Gasteiger partial charge in [-0.3, -0.25) is 24.2 Å². The van der Waals surface area contributed by atoms with E-state index in [-0.39, 0.29) is 30.8 Å². The highest BCUT2D eigenvalue weighted by atomic mass is 35.5. The Morgan fingerprint density at radius 2 is 1.71 bits per heavy atom. The van der Waals surface area contributed by atoms with Crippen molar-refractivity contribution >= 4 is 56.9 Å². The zero-order valence-corrected chi connectivity index (χ0v) is 23.2. The number of benzene rings is 3. The molecule has 1 saturated heterocycles. The summed E-state index contributed by atoms with van der Waals surface area (Å²) in [7, 11) is 0. The van der Waals surface area contributed by atoms with Crippen LogP contribution >= 0.6 is 11.6 Å². The summed E-state index contributed by atoms with van der Waals surface area (Å²) in [6, 6.07) is 19.7. The smallest absolute Gasteiger partial charge is 0.261 e. The Morgan fingerprint density at radius 3 is 2.50 bits per heavy atom. The van der Waals surface area contributed by atoms with Gasteiger partial charge in [-0.15, -0.1) is 0 Å². The van der Waals surface area contributed by atoms with E-state index in [1.807, 2.05) is 47.4 Å². The number of nitrogen functional groups attached to an aromatic ring is 1. The molecule has 0 saturated carbocycles. The first-order chi connectivity index (χ1) is 20.3. The van der Waals surface area contributed by atoms with Crippen LogP contribution < -0.4 is 5.73 Å². The lowest BCUT2D eigenvalue weighted by Gasteiger charge is -2.42. The molecule has 10 nitrogen and oxygen atoms in total. The number of halogens is 1. The van der Waals surface area contributed by atoms with Gasteiger partial charge >= 0.3 is 0 Å². The van der Waals surface area contributed by atoms with Crippen molar-refractivity contribution in [3.05, 3.63) is 100 Å². The molecule has 0 spiro atoms. The van der Waals surface area contributed by atoms with Gasteiger partial charge in [-0.2, -0.15) is 0 Å². The maximum absolute atomic E-state index is 13.7. The number of piperazine rings is 1. The molecule has 0 radical (unpaired) electrons. The van der Waals surface area contributed by atoms with Crippen molar-refractivity contribution in [2.45, 2.75) is 19.1 Å². The molecule has 11 heteroatoms. The van der Waals surface area contributed by atoms with Crippen LogP contribution in [-0.2, 0) is 17.9 Å². The summed E-state index contributed by atoms with van der Waals surface area (Å²) in [5, 5.41) is 2.38. The summed E-state index contributed by atoms with van der Waals surface area (Å²) in [5.41, 5.74) is 10.2. The molecule has 210 valence electrons. The lowest BCUT2D eigenvalue weighted by molar-refractivity contribution is -0.141. The molecule has 5 aromatic rings. The number of hydrogen-bond acceptors (Lipinski definition) is 7. The molecule has 2 aromatic heterocycles. The highest BCUT2D eigenvalue weighted by Crippen LogP contribution is 2.27. The Morgan fingerprint density at radius 1 is 0.929 bits per heavy atom. The molecule has 3 N–H and O–H groups in total. The van der Waals surface area contributed by atoms with E-state index >= 15 is 0 Å². The number of aromatic nitrogens is 3. The number of carbonyl (C=O) groups is 3. The second kappa shape index (κ2) is 10.2. The van der Waals surface area contributed by atoms with Gasteiger partial charge in [0.25, 0.3) is 11.8 Å². The van der Waals surface area contributed by atoms with Crippen molar-refractivity contribution < 1.29 is 14.4 Å². The maximum Gasteiger partial charge on any atom is 0.261 e. The Kier molecular flexibility index (Phi) is 6.37. The molecule has 7 rings (SSSR count). The van der Waals surface area contributed by atoms with Crippen molar-refractivity contribution in [1.82, 2.24) is 29.7 Å². The van der Waals surface area contributed by atoms with Gasteiger partial charge in [-0.25, -0.2) is 9.97 Å². The van der Waals surface area contributed by atoms with Crippen molar-refractivity contribution in [3.63, 3.8) is 0 Å². The van der Waals surface area contributed by atoms with Crippen molar-refractivity contribution in [2.75, 3.05) is 25.4 Å². The Hall–Kier alpha value is -4.80. The van der Waals surface area contributed by atoms with Gasteiger partial charge in [0.1, 0.15) is 12.1 Å². The number of nitrogens with zero attached hydrogens (tertiary/aromatic N) is 5. The fourth-order valence-corrected chi connectivity index (χ4v) is 6.15. The summed E-state index contributed by atoms with van der Waals surface area (Å²) in [6.45, 7) is 1.54. The number of anilines is 1. The number of H-pyrrole nitrogens is 1. The molecule has 2 aliphatic heterocycles. The third-order valence-corrected chi connectivity index (χ3v) is 8.21. The van der Waals surface area contributed by atoms with Crippen LogP contribution in [0.15, 0.2) is 73.1 Å². The Labute approximate surface area is 245 Å². The van der Waals surface area contributed by atoms with Gasteiger partial charge in [-0.1, -0.05) is 29.8 Å². The molecule has 42 heavy (non-hydrogen) atoms. The molecule has 4 heterocycles. The van der Waals surface area contributed by atoms with E-state index < -0.39 is 6.04 Å². The van der Waals surface area contributed by atoms with Gasteiger partial charge in [0.15, 0.2) is 0 Å². The average molecular weight is 580 g/mol. The molecule has 1 atom stereocenters. The van der Waals surface area contributed by atoms with E-state index in [9.17, 15) is 14.4 Å². The Balaban J connectivity index is 1.18. The number of amides is 3. The van der Waals surface area contributed by atoms with E-state index in [2.05, 4.69) is 15.0 Å². The minimum Gasteiger partial charge on any atom is -0.383 e. The molecular formula is C31H26ClN7O3. The number of aromatic amines is 1. The van der Waals surface area contributed by atoms with Crippen LogP contribution in [0.4, 0.5) is 5.82 Å². The van der Waals surface area contributed by atoms with Crippen molar-refractivity contribution in [1.29, 1.82) is 0 Å². The molecule has 1 fully saturated rings. The van der Waals surface area contributed by atoms with E-state index in [1.54, 1.807) is 29.2 Å². The zero-order chi connectivity index (χ0) is 29.0. The maximum atomic E-state index is 13.7. The number of nitrogens with one attached hydrogen (secondary N) is 1. The molecule has 3 aromatic carbocycles. The fraction of sp³-hybridized carbons (Fsp3) is 0.194. The lowest BCUT2D eigenvalue weighted by Crippen LogP contribution is -2.59. The van der Waals surface area contributed by atoms with Crippen LogP contribution in [0, 0.1) is 0 Å². The number of rotatable bonds is 6. The van der Waals surface area contributed by atoms with E-state index in [4.69, 9.17) is 17.3 Å². The fourth-order valence-electron chi connectivity index (χ4n) is 5.96. The third kappa shape index (κ3) is 4.64. The number of nitrogens with two attached hydrogens (primary N) is 1. The van der Waals surface area contributed by atoms with E-state index in [0.29, 0.717) is 47.1 Å². The summed E-state index contributed by atoms with van der Waals surface area (Å²) in [5.74, 6) is -0.390. The SMILES string of the molecule is Nc1ncnc2cc(CN3C(=O)CN(Cc4cc5cc(Cl)ccc5[nH]4)CC3CN3C(=O)c4ccccc4C3=O)ccc12. The average Bonchev–Trinajstić information content (AvgIpc) is 3.48. The van der Waals surface area contributed by atoms with E-state index in [1.165, 1.54) is 11.2 Å². The first-order valence-electron chi connectivity index (χ1n) is 13.6. The molecule has 2 aliphatic rings. The summed E-state index contributed by atoms with van der Waals surface area (Å²) >= 11 is 6.17. The number of carbonyl (C=O) groups excluding carboxylic acids is 3. The second-order valence-electron chi connectivity index (χ2n) is 10.7. The van der Waals surface area contributed by atoms with Gasteiger partial charge in [0.2, 0.25) is 5.91 Å². The number of fused-ring (bicyclic) bond motifs is 3. The molecule has 3 amide bonds. The largest absolute Gasteiger partial charge is 0.383 e. The molecule has 0 bridgehead atoms. The molecule has 1 unspecified atom stereocenters. The second-order valence-corrected chi connectivity index (χ2v) is 11.2. The van der Waals surface area contributed by atoms with Crippen LogP contribution in [0.1, 0.15) is 32.0 Å². The van der Waals surface area contributed by atoms with Gasteiger partial charge in [-0.05, 0) is 54.1 Å². The van der Waals surface area contributed by atoms with Gasteiger partial charge in [0.05, 0.1) is 35.8 Å². The summed E-state index contributed by atoms with van der Waals surface area (Å²) in [6.07, 6.45) is 1.41. The van der Waals surface area contributed by atoms with Crippen LogP contribution in [-0.4, -0.2) is 73.0 Å². The normalized spacial score (nSPS) is 17.5. The zero-order valence-electron chi connectivity index (χ0n) is 22.5.